The molecular formula is C17H17FO3. The molecule has 2 aromatic carbocycles. The average molecular weight is 288 g/mol. The zero-order valence-corrected chi connectivity index (χ0v) is 12.1. The summed E-state index contributed by atoms with van der Waals surface area (Å²) in [5.41, 5.74) is 0.899. The molecule has 0 aromatic heterocycles. The van der Waals surface area contributed by atoms with Crippen LogP contribution in [-0.2, 0) is 6.61 Å². The minimum absolute atomic E-state index is 0.00304. The van der Waals surface area contributed by atoms with Crippen molar-refractivity contribution in [2.75, 3.05) is 7.11 Å². The molecule has 2 aromatic rings. The average Bonchev–Trinajstić information content (AvgIpc) is 2.53. The molecule has 0 amide bonds. The molecule has 3 nitrogen and oxygen atoms in total. The van der Waals surface area contributed by atoms with Crippen LogP contribution in [0.5, 0.6) is 11.5 Å². The first-order valence-electron chi connectivity index (χ1n) is 6.73. The second kappa shape index (κ2) is 6.88. The number of halogens is 1. The summed E-state index contributed by atoms with van der Waals surface area (Å²) in [7, 11) is 1.41. The van der Waals surface area contributed by atoms with Gasteiger partial charge in [-0.1, -0.05) is 31.2 Å². The number of rotatable bonds is 6. The van der Waals surface area contributed by atoms with E-state index in [1.165, 1.54) is 7.11 Å². The molecule has 0 aliphatic carbocycles. The second-order valence-electron chi connectivity index (χ2n) is 4.49. The van der Waals surface area contributed by atoms with Crippen LogP contribution in [0.3, 0.4) is 0 Å². The van der Waals surface area contributed by atoms with Crippen LogP contribution >= 0.6 is 0 Å². The molecule has 0 unspecified atom stereocenters. The predicted molar refractivity (Wildman–Crippen MR) is 78.3 cm³/mol. The number of carbonyl (C=O) groups excluding carboxylic acids is 1. The van der Waals surface area contributed by atoms with Crippen LogP contribution in [0.4, 0.5) is 4.39 Å². The monoisotopic (exact) mass is 288 g/mol. The molecule has 0 spiro atoms. The fourth-order valence-corrected chi connectivity index (χ4v) is 1.99. The van der Waals surface area contributed by atoms with Crippen LogP contribution < -0.4 is 9.47 Å². The van der Waals surface area contributed by atoms with Gasteiger partial charge in [0.2, 0.25) is 0 Å². The summed E-state index contributed by atoms with van der Waals surface area (Å²) in [6.07, 6.45) is 0.397. The first kappa shape index (κ1) is 15.0. The number of para-hydroxylation sites is 1. The van der Waals surface area contributed by atoms with E-state index in [0.29, 0.717) is 23.3 Å². The van der Waals surface area contributed by atoms with Gasteiger partial charge >= 0.3 is 0 Å². The van der Waals surface area contributed by atoms with E-state index in [1.807, 2.05) is 0 Å². The molecule has 0 aliphatic rings. The Morgan fingerprint density at radius 3 is 2.52 bits per heavy atom. The van der Waals surface area contributed by atoms with Crippen molar-refractivity contribution in [3.8, 4) is 11.5 Å². The van der Waals surface area contributed by atoms with Crippen LogP contribution in [0.25, 0.3) is 0 Å². The molecule has 2 rings (SSSR count). The number of methoxy groups -OCH3 is 1. The van der Waals surface area contributed by atoms with E-state index < -0.39 is 5.82 Å². The first-order valence-corrected chi connectivity index (χ1v) is 6.73. The Balaban J connectivity index is 2.19. The third-order valence-corrected chi connectivity index (χ3v) is 3.15. The van der Waals surface area contributed by atoms with Gasteiger partial charge in [-0.15, -0.1) is 0 Å². The lowest BCUT2D eigenvalue weighted by Gasteiger charge is -2.12. The molecule has 21 heavy (non-hydrogen) atoms. The maximum atomic E-state index is 14.0. The summed E-state index contributed by atoms with van der Waals surface area (Å²) in [6, 6.07) is 11.9. The highest BCUT2D eigenvalue weighted by molar-refractivity contribution is 5.98. The van der Waals surface area contributed by atoms with Crippen molar-refractivity contribution in [2.24, 2.45) is 0 Å². The molecule has 110 valence electrons. The van der Waals surface area contributed by atoms with Crippen molar-refractivity contribution in [3.63, 3.8) is 0 Å². The lowest BCUT2D eigenvalue weighted by molar-refractivity contribution is 0.0983. The van der Waals surface area contributed by atoms with Crippen LogP contribution in [-0.4, -0.2) is 12.9 Å². The van der Waals surface area contributed by atoms with E-state index in [9.17, 15) is 9.18 Å². The van der Waals surface area contributed by atoms with Crippen LogP contribution in [0.15, 0.2) is 42.5 Å². The maximum Gasteiger partial charge on any atom is 0.171 e. The Hall–Kier alpha value is -2.36. The lowest BCUT2D eigenvalue weighted by atomic mass is 10.1. The number of Topliss-reactive ketones (excluding diaryl/α,β-unsaturated/α-hetero) is 1. The van der Waals surface area contributed by atoms with Crippen molar-refractivity contribution in [1.82, 2.24) is 0 Å². The van der Waals surface area contributed by atoms with Crippen molar-refractivity contribution in [2.45, 2.75) is 20.0 Å². The van der Waals surface area contributed by atoms with Crippen molar-refractivity contribution >= 4 is 5.78 Å². The second-order valence-corrected chi connectivity index (χ2v) is 4.49. The van der Waals surface area contributed by atoms with Gasteiger partial charge in [-0.05, 0) is 18.2 Å². The number of hydrogen-bond donors (Lipinski definition) is 0. The van der Waals surface area contributed by atoms with E-state index >= 15 is 0 Å². The summed E-state index contributed by atoms with van der Waals surface area (Å²) in [4.78, 5) is 11.8. The van der Waals surface area contributed by atoms with Crippen molar-refractivity contribution < 1.29 is 18.7 Å². The number of hydrogen-bond acceptors (Lipinski definition) is 3. The van der Waals surface area contributed by atoms with Crippen LogP contribution in [0.1, 0.15) is 29.3 Å². The van der Waals surface area contributed by atoms with Gasteiger partial charge in [0.05, 0.1) is 12.7 Å². The van der Waals surface area contributed by atoms with Gasteiger partial charge in [0, 0.05) is 12.0 Å². The molecule has 0 saturated carbocycles. The molecule has 0 heterocycles. The summed E-state index contributed by atoms with van der Waals surface area (Å²) in [5, 5.41) is 0. The largest absolute Gasteiger partial charge is 0.494 e. The molecule has 0 radical (unpaired) electrons. The highest BCUT2D eigenvalue weighted by Crippen LogP contribution is 2.24. The minimum Gasteiger partial charge on any atom is -0.494 e. The van der Waals surface area contributed by atoms with Crippen LogP contribution in [0, 0.1) is 5.82 Å². The molecule has 4 heteroatoms. The highest BCUT2D eigenvalue weighted by Gasteiger charge is 2.12. The van der Waals surface area contributed by atoms with E-state index in [0.717, 1.165) is 0 Å². The zero-order valence-electron chi connectivity index (χ0n) is 12.1. The fraction of sp³-hybridized carbons (Fsp3) is 0.235. The molecule has 0 atom stereocenters. The Bertz CT molecular complexity index is 638. The summed E-state index contributed by atoms with van der Waals surface area (Å²) in [5.74, 6) is 0.191. The fourth-order valence-electron chi connectivity index (χ4n) is 1.99. The number of carbonyl (C=O) groups is 1. The van der Waals surface area contributed by atoms with Gasteiger partial charge in [-0.2, -0.15) is 0 Å². The third kappa shape index (κ3) is 3.40. The van der Waals surface area contributed by atoms with E-state index in [-0.39, 0.29) is 18.1 Å². The third-order valence-electron chi connectivity index (χ3n) is 3.15. The van der Waals surface area contributed by atoms with Gasteiger partial charge in [-0.25, -0.2) is 4.39 Å². The quantitative estimate of drug-likeness (QED) is 0.753. The predicted octanol–water partition coefficient (Wildman–Crippen LogP) is 4.01. The van der Waals surface area contributed by atoms with Gasteiger partial charge in [0.25, 0.3) is 0 Å². The Labute approximate surface area is 123 Å². The molecule has 0 fully saturated rings. The van der Waals surface area contributed by atoms with Gasteiger partial charge in [0.15, 0.2) is 17.3 Å². The maximum absolute atomic E-state index is 14.0. The molecule has 0 N–H and O–H groups in total. The molecular weight excluding hydrogens is 271 g/mol. The number of ketones is 1. The van der Waals surface area contributed by atoms with Gasteiger partial charge in [0.1, 0.15) is 12.4 Å². The Morgan fingerprint density at radius 1 is 1.10 bits per heavy atom. The molecule has 0 saturated heterocycles. The smallest absolute Gasteiger partial charge is 0.171 e. The van der Waals surface area contributed by atoms with Crippen molar-refractivity contribution in [3.05, 3.63) is 59.4 Å². The summed E-state index contributed by atoms with van der Waals surface area (Å²) >= 11 is 0. The summed E-state index contributed by atoms with van der Waals surface area (Å²) < 4.78 is 24.6. The standard InChI is InChI=1S/C17H17FO3/c1-3-14(19)13-8-4-5-9-15(13)21-11-12-7-6-10-16(20-2)17(12)18/h4-10H,3,11H2,1-2H3. The van der Waals surface area contributed by atoms with E-state index in [1.54, 1.807) is 49.4 Å². The normalized spacial score (nSPS) is 10.2. The van der Waals surface area contributed by atoms with Gasteiger partial charge in [-0.3, -0.25) is 4.79 Å². The summed E-state index contributed by atoms with van der Waals surface area (Å²) in [6.45, 7) is 1.83. The SMILES string of the molecule is CCC(=O)c1ccccc1OCc1cccc(OC)c1F. The first-order chi connectivity index (χ1) is 10.2. The lowest BCUT2D eigenvalue weighted by Crippen LogP contribution is -2.05. The molecule has 0 bridgehead atoms. The highest BCUT2D eigenvalue weighted by atomic mass is 19.1. The molecule has 0 aliphatic heterocycles. The minimum atomic E-state index is -0.445. The van der Waals surface area contributed by atoms with Crippen molar-refractivity contribution in [1.29, 1.82) is 0 Å². The van der Waals surface area contributed by atoms with Crippen LogP contribution in [0.2, 0.25) is 0 Å². The topological polar surface area (TPSA) is 35.5 Å². The number of benzene rings is 2. The number of ether oxygens (including phenoxy) is 2. The van der Waals surface area contributed by atoms with E-state index in [2.05, 4.69) is 0 Å². The van der Waals surface area contributed by atoms with E-state index in [4.69, 9.17) is 9.47 Å². The zero-order chi connectivity index (χ0) is 15.2. The Morgan fingerprint density at radius 2 is 1.81 bits per heavy atom. The van der Waals surface area contributed by atoms with Gasteiger partial charge < -0.3 is 9.47 Å². The Kier molecular flexibility index (Phi) is 4.93.